The van der Waals surface area contributed by atoms with Crippen molar-refractivity contribution in [2.45, 2.75) is 58.7 Å². The number of rotatable bonds is 10. The van der Waals surface area contributed by atoms with Gasteiger partial charge in [-0.25, -0.2) is 4.98 Å². The standard InChI is InChI=1S/C15H27N3O2/c1-5-6-7-8-9-12(2)20-15-10-13(16-3)17-14(18-15)11-19-4/h10,12H,5-9,11H2,1-4H3,(H,16,17,18). The number of methoxy groups -OCH3 is 1. The summed E-state index contributed by atoms with van der Waals surface area (Å²) < 4.78 is 10.9. The van der Waals surface area contributed by atoms with Crippen LogP contribution in [0.1, 0.15) is 51.8 Å². The van der Waals surface area contributed by atoms with Crippen LogP contribution in [0.15, 0.2) is 6.07 Å². The molecule has 0 radical (unpaired) electrons. The molecule has 1 N–H and O–H groups in total. The number of nitrogens with one attached hydrogen (secondary N) is 1. The van der Waals surface area contributed by atoms with E-state index in [2.05, 4.69) is 29.1 Å². The predicted molar refractivity (Wildman–Crippen MR) is 81.1 cm³/mol. The molecule has 0 fully saturated rings. The second kappa shape index (κ2) is 9.53. The maximum Gasteiger partial charge on any atom is 0.219 e. The molecule has 1 aromatic rings. The zero-order chi connectivity index (χ0) is 14.8. The maximum atomic E-state index is 5.88. The predicted octanol–water partition coefficient (Wildman–Crippen LogP) is 3.40. The Kier molecular flexibility index (Phi) is 7.95. The minimum atomic E-state index is 0.168. The topological polar surface area (TPSA) is 56.3 Å². The first kappa shape index (κ1) is 16.7. The molecule has 0 aliphatic heterocycles. The summed E-state index contributed by atoms with van der Waals surface area (Å²) in [5, 5.41) is 3.01. The summed E-state index contributed by atoms with van der Waals surface area (Å²) in [6.45, 7) is 4.69. The van der Waals surface area contributed by atoms with Crippen LogP contribution in [0.4, 0.5) is 5.82 Å². The molecule has 1 aromatic heterocycles. The van der Waals surface area contributed by atoms with Crippen molar-refractivity contribution in [3.05, 3.63) is 11.9 Å². The molecule has 5 nitrogen and oxygen atoms in total. The van der Waals surface area contributed by atoms with Gasteiger partial charge in [0.05, 0.1) is 6.10 Å². The van der Waals surface area contributed by atoms with Gasteiger partial charge in [0.2, 0.25) is 5.88 Å². The van der Waals surface area contributed by atoms with Crippen LogP contribution in [0, 0.1) is 0 Å². The second-order valence-corrected chi connectivity index (χ2v) is 4.97. The lowest BCUT2D eigenvalue weighted by Crippen LogP contribution is -2.14. The highest BCUT2D eigenvalue weighted by molar-refractivity contribution is 5.37. The summed E-state index contributed by atoms with van der Waals surface area (Å²) in [4.78, 5) is 8.67. The van der Waals surface area contributed by atoms with Crippen molar-refractivity contribution in [1.29, 1.82) is 0 Å². The molecular weight excluding hydrogens is 254 g/mol. The highest BCUT2D eigenvalue weighted by Gasteiger charge is 2.09. The fraction of sp³-hybridized carbons (Fsp3) is 0.733. The molecular formula is C15H27N3O2. The highest BCUT2D eigenvalue weighted by Crippen LogP contribution is 2.17. The first-order valence-corrected chi connectivity index (χ1v) is 7.40. The van der Waals surface area contributed by atoms with E-state index in [1.54, 1.807) is 7.11 Å². The third-order valence-electron chi connectivity index (χ3n) is 3.06. The van der Waals surface area contributed by atoms with Crippen LogP contribution in [0.2, 0.25) is 0 Å². The molecule has 0 spiro atoms. The van der Waals surface area contributed by atoms with Gasteiger partial charge >= 0.3 is 0 Å². The summed E-state index contributed by atoms with van der Waals surface area (Å²) >= 11 is 0. The van der Waals surface area contributed by atoms with Crippen LogP contribution in [0.25, 0.3) is 0 Å². The Balaban J connectivity index is 2.54. The molecule has 1 atom stereocenters. The van der Waals surface area contributed by atoms with E-state index >= 15 is 0 Å². The van der Waals surface area contributed by atoms with E-state index in [1.165, 1.54) is 25.7 Å². The average molecular weight is 281 g/mol. The van der Waals surface area contributed by atoms with Gasteiger partial charge in [-0.1, -0.05) is 26.2 Å². The Bertz CT molecular complexity index is 385. The van der Waals surface area contributed by atoms with Crippen LogP contribution in [0.3, 0.4) is 0 Å². The van der Waals surface area contributed by atoms with E-state index in [0.29, 0.717) is 18.3 Å². The first-order chi connectivity index (χ1) is 9.69. The number of hydrogen-bond donors (Lipinski definition) is 1. The van der Waals surface area contributed by atoms with Gasteiger partial charge in [0.25, 0.3) is 0 Å². The Morgan fingerprint density at radius 2 is 2.05 bits per heavy atom. The van der Waals surface area contributed by atoms with Crippen LogP contribution < -0.4 is 10.1 Å². The summed E-state index contributed by atoms with van der Waals surface area (Å²) in [5.41, 5.74) is 0. The second-order valence-electron chi connectivity index (χ2n) is 4.97. The molecule has 1 rings (SSSR count). The molecule has 1 heterocycles. The zero-order valence-corrected chi connectivity index (χ0v) is 13.1. The van der Waals surface area contributed by atoms with Crippen LogP contribution in [0.5, 0.6) is 5.88 Å². The fourth-order valence-electron chi connectivity index (χ4n) is 1.98. The normalized spacial score (nSPS) is 12.2. The maximum absolute atomic E-state index is 5.88. The van der Waals surface area contributed by atoms with Gasteiger partial charge in [-0.15, -0.1) is 0 Å². The Morgan fingerprint density at radius 3 is 2.70 bits per heavy atom. The van der Waals surface area contributed by atoms with Crippen molar-refractivity contribution >= 4 is 5.82 Å². The summed E-state index contributed by atoms with van der Waals surface area (Å²) in [7, 11) is 3.46. The van der Waals surface area contributed by atoms with Crippen molar-refractivity contribution in [2.24, 2.45) is 0 Å². The van der Waals surface area contributed by atoms with Crippen molar-refractivity contribution < 1.29 is 9.47 Å². The summed E-state index contributed by atoms with van der Waals surface area (Å²) in [6, 6.07) is 1.82. The lowest BCUT2D eigenvalue weighted by molar-refractivity contribution is 0.171. The summed E-state index contributed by atoms with van der Waals surface area (Å²) in [6.07, 6.45) is 6.24. The molecule has 0 bridgehead atoms. The molecule has 0 aliphatic carbocycles. The highest BCUT2D eigenvalue weighted by atomic mass is 16.5. The van der Waals surface area contributed by atoms with Gasteiger partial charge in [-0.05, 0) is 19.8 Å². The van der Waals surface area contributed by atoms with E-state index in [-0.39, 0.29) is 6.10 Å². The van der Waals surface area contributed by atoms with Crippen molar-refractivity contribution in [3.63, 3.8) is 0 Å². The average Bonchev–Trinajstić information content (AvgIpc) is 2.43. The lowest BCUT2D eigenvalue weighted by Gasteiger charge is -2.15. The van der Waals surface area contributed by atoms with Crippen molar-refractivity contribution in [3.8, 4) is 5.88 Å². The molecule has 0 saturated carbocycles. The van der Waals surface area contributed by atoms with Gasteiger partial charge in [0, 0.05) is 20.2 Å². The number of hydrogen-bond acceptors (Lipinski definition) is 5. The molecule has 20 heavy (non-hydrogen) atoms. The van der Waals surface area contributed by atoms with E-state index < -0.39 is 0 Å². The minimum absolute atomic E-state index is 0.168. The van der Waals surface area contributed by atoms with Gasteiger partial charge in [0.15, 0.2) is 5.82 Å². The Hall–Kier alpha value is -1.36. The van der Waals surface area contributed by atoms with Crippen LogP contribution in [-0.2, 0) is 11.3 Å². The fourth-order valence-corrected chi connectivity index (χ4v) is 1.98. The van der Waals surface area contributed by atoms with Gasteiger partial charge < -0.3 is 14.8 Å². The van der Waals surface area contributed by atoms with Gasteiger partial charge in [0.1, 0.15) is 12.4 Å². The smallest absolute Gasteiger partial charge is 0.219 e. The number of unbranched alkanes of at least 4 members (excludes halogenated alkanes) is 3. The molecule has 114 valence electrons. The zero-order valence-electron chi connectivity index (χ0n) is 13.1. The van der Waals surface area contributed by atoms with Gasteiger partial charge in [-0.3, -0.25) is 0 Å². The molecule has 5 heteroatoms. The Morgan fingerprint density at radius 1 is 1.25 bits per heavy atom. The molecule has 0 amide bonds. The molecule has 0 saturated heterocycles. The number of anilines is 1. The van der Waals surface area contributed by atoms with E-state index in [4.69, 9.17) is 9.47 Å². The van der Waals surface area contributed by atoms with Crippen LogP contribution >= 0.6 is 0 Å². The van der Waals surface area contributed by atoms with E-state index in [0.717, 1.165) is 12.2 Å². The van der Waals surface area contributed by atoms with Gasteiger partial charge in [-0.2, -0.15) is 4.98 Å². The monoisotopic (exact) mass is 281 g/mol. The SMILES string of the molecule is CCCCCCC(C)Oc1cc(NC)nc(COC)n1. The number of ether oxygens (including phenoxy) is 2. The number of nitrogens with zero attached hydrogens (tertiary/aromatic N) is 2. The first-order valence-electron chi connectivity index (χ1n) is 7.40. The van der Waals surface area contributed by atoms with E-state index in [1.807, 2.05) is 13.1 Å². The van der Waals surface area contributed by atoms with Crippen molar-refractivity contribution in [1.82, 2.24) is 9.97 Å². The Labute approximate surface area is 122 Å². The quantitative estimate of drug-likeness (QED) is 0.666. The molecule has 1 unspecified atom stereocenters. The third-order valence-corrected chi connectivity index (χ3v) is 3.06. The lowest BCUT2D eigenvalue weighted by atomic mass is 10.1. The molecule has 0 aliphatic rings. The minimum Gasteiger partial charge on any atom is -0.475 e. The summed E-state index contributed by atoms with van der Waals surface area (Å²) in [5.74, 6) is 1.99. The largest absolute Gasteiger partial charge is 0.475 e. The van der Waals surface area contributed by atoms with Crippen molar-refractivity contribution in [2.75, 3.05) is 19.5 Å². The number of aromatic nitrogens is 2. The van der Waals surface area contributed by atoms with Crippen LogP contribution in [-0.4, -0.2) is 30.2 Å². The van der Waals surface area contributed by atoms with E-state index in [9.17, 15) is 0 Å². The molecule has 0 aromatic carbocycles. The third kappa shape index (κ3) is 6.19.